The smallest absolute Gasteiger partial charge is 0.282 e. The van der Waals surface area contributed by atoms with Crippen LogP contribution in [0.25, 0.3) is 0 Å². The summed E-state index contributed by atoms with van der Waals surface area (Å²) in [5, 5.41) is 11.3. The third-order valence-electron chi connectivity index (χ3n) is 5.25. The Morgan fingerprint density at radius 1 is 0.812 bits per heavy atom. The van der Waals surface area contributed by atoms with Crippen molar-refractivity contribution < 1.29 is 19.3 Å². The fourth-order valence-corrected chi connectivity index (χ4v) is 3.69. The van der Waals surface area contributed by atoms with Gasteiger partial charge in [0.1, 0.15) is 12.1 Å². The second kappa shape index (κ2) is 8.81. The van der Waals surface area contributed by atoms with E-state index in [-0.39, 0.29) is 24.2 Å². The third kappa shape index (κ3) is 4.11. The average Bonchev–Trinajstić information content (AvgIpc) is 3.05. The lowest BCUT2D eigenvalue weighted by atomic mass is 10.1. The Labute approximate surface area is 183 Å². The summed E-state index contributed by atoms with van der Waals surface area (Å²) in [7, 11) is 0. The quantitative estimate of drug-likeness (QED) is 0.325. The molecule has 0 aliphatic carbocycles. The fraction of sp³-hybridized carbons (Fsp3) is 0.125. The van der Waals surface area contributed by atoms with Crippen molar-refractivity contribution in [2.24, 2.45) is 0 Å². The molecule has 3 amide bonds. The van der Waals surface area contributed by atoms with Gasteiger partial charge >= 0.3 is 0 Å². The maximum atomic E-state index is 13.2. The molecule has 1 aliphatic rings. The van der Waals surface area contributed by atoms with E-state index in [2.05, 4.69) is 0 Å². The van der Waals surface area contributed by atoms with Gasteiger partial charge in [-0.1, -0.05) is 66.7 Å². The topological polar surface area (TPSA) is 101 Å². The van der Waals surface area contributed by atoms with Crippen LogP contribution in [-0.2, 0) is 17.9 Å². The van der Waals surface area contributed by atoms with Gasteiger partial charge < -0.3 is 4.90 Å². The van der Waals surface area contributed by atoms with E-state index in [0.717, 1.165) is 16.0 Å². The molecule has 0 spiro atoms. The van der Waals surface area contributed by atoms with Crippen LogP contribution < -0.4 is 0 Å². The Morgan fingerprint density at radius 3 is 1.91 bits per heavy atom. The van der Waals surface area contributed by atoms with E-state index in [1.165, 1.54) is 18.2 Å². The van der Waals surface area contributed by atoms with E-state index in [1.54, 1.807) is 4.90 Å². The normalized spacial score (nSPS) is 12.6. The Balaban J connectivity index is 1.59. The monoisotopic (exact) mass is 429 g/mol. The molecule has 1 aliphatic heterocycles. The zero-order valence-electron chi connectivity index (χ0n) is 17.0. The molecule has 1 heterocycles. The van der Waals surface area contributed by atoms with E-state index in [9.17, 15) is 24.5 Å². The van der Waals surface area contributed by atoms with Gasteiger partial charge in [0.05, 0.1) is 10.5 Å². The summed E-state index contributed by atoms with van der Waals surface area (Å²) in [5.41, 5.74) is 1.02. The Bertz CT molecular complexity index is 1150. The number of rotatable bonds is 7. The molecular weight excluding hydrogens is 410 g/mol. The molecule has 160 valence electrons. The van der Waals surface area contributed by atoms with Crippen LogP contribution in [0.5, 0.6) is 0 Å². The standard InChI is InChI=1S/C24H19N3O5/c28-21(16-26-23(29)19-12-7-13-20(27(31)32)22(19)24(26)30)25(14-17-8-3-1-4-9-17)15-18-10-5-2-6-11-18/h1-13H,14-16H2. The Kier molecular flexibility index (Phi) is 5.76. The van der Waals surface area contributed by atoms with Gasteiger partial charge in [-0.2, -0.15) is 0 Å². The number of amides is 3. The highest BCUT2D eigenvalue weighted by molar-refractivity contribution is 6.24. The lowest BCUT2D eigenvalue weighted by Crippen LogP contribution is -2.42. The van der Waals surface area contributed by atoms with E-state index in [1.807, 2.05) is 60.7 Å². The highest BCUT2D eigenvalue weighted by Gasteiger charge is 2.42. The van der Waals surface area contributed by atoms with Gasteiger partial charge in [-0.3, -0.25) is 29.4 Å². The van der Waals surface area contributed by atoms with Crippen molar-refractivity contribution in [3.05, 3.63) is 111 Å². The zero-order valence-corrected chi connectivity index (χ0v) is 17.0. The maximum absolute atomic E-state index is 13.2. The van der Waals surface area contributed by atoms with E-state index < -0.39 is 34.9 Å². The summed E-state index contributed by atoms with van der Waals surface area (Å²) in [6.45, 7) is 0.0823. The van der Waals surface area contributed by atoms with Gasteiger partial charge in [-0.15, -0.1) is 0 Å². The van der Waals surface area contributed by atoms with Gasteiger partial charge in [0, 0.05) is 19.2 Å². The number of hydrogen-bond donors (Lipinski definition) is 0. The highest BCUT2D eigenvalue weighted by atomic mass is 16.6. The fourth-order valence-electron chi connectivity index (χ4n) is 3.69. The second-order valence-corrected chi connectivity index (χ2v) is 7.37. The molecule has 0 aromatic heterocycles. The van der Waals surface area contributed by atoms with Crippen LogP contribution in [-0.4, -0.2) is 39.0 Å². The van der Waals surface area contributed by atoms with Gasteiger partial charge in [-0.25, -0.2) is 0 Å². The lowest BCUT2D eigenvalue weighted by molar-refractivity contribution is -0.385. The van der Waals surface area contributed by atoms with Crippen LogP contribution in [0, 0.1) is 10.1 Å². The molecule has 0 bridgehead atoms. The molecule has 4 rings (SSSR count). The Hall–Kier alpha value is -4.33. The SMILES string of the molecule is O=C(CN1C(=O)c2cccc([N+](=O)[O-])c2C1=O)N(Cc1ccccc1)Cc1ccccc1. The number of nitro benzene ring substituents is 1. The maximum Gasteiger partial charge on any atom is 0.282 e. The molecule has 0 saturated carbocycles. The first-order valence-electron chi connectivity index (χ1n) is 9.95. The van der Waals surface area contributed by atoms with Crippen molar-refractivity contribution in [1.29, 1.82) is 0 Å². The minimum absolute atomic E-state index is 0.0605. The van der Waals surface area contributed by atoms with Gasteiger partial charge in [-0.05, 0) is 17.2 Å². The van der Waals surface area contributed by atoms with Crippen molar-refractivity contribution in [3.63, 3.8) is 0 Å². The summed E-state index contributed by atoms with van der Waals surface area (Å²) < 4.78 is 0. The molecule has 0 saturated heterocycles. The summed E-state index contributed by atoms with van der Waals surface area (Å²) >= 11 is 0. The van der Waals surface area contributed by atoms with Crippen LogP contribution >= 0.6 is 0 Å². The van der Waals surface area contributed by atoms with Crippen molar-refractivity contribution in [3.8, 4) is 0 Å². The number of carbonyl (C=O) groups excluding carboxylic acids is 3. The predicted molar refractivity (Wildman–Crippen MR) is 116 cm³/mol. The molecule has 3 aromatic carbocycles. The summed E-state index contributed by atoms with van der Waals surface area (Å²) in [6, 6.07) is 22.6. The molecule has 0 radical (unpaired) electrons. The Morgan fingerprint density at radius 2 is 1.38 bits per heavy atom. The molecule has 8 heteroatoms. The first-order valence-corrected chi connectivity index (χ1v) is 9.95. The van der Waals surface area contributed by atoms with Crippen molar-refractivity contribution in [2.75, 3.05) is 6.54 Å². The van der Waals surface area contributed by atoms with E-state index in [4.69, 9.17) is 0 Å². The molecule has 0 N–H and O–H groups in total. The second-order valence-electron chi connectivity index (χ2n) is 7.37. The van der Waals surface area contributed by atoms with Crippen LogP contribution in [0.2, 0.25) is 0 Å². The predicted octanol–water partition coefficient (Wildman–Crippen LogP) is 3.42. The van der Waals surface area contributed by atoms with Crippen molar-refractivity contribution in [2.45, 2.75) is 13.1 Å². The van der Waals surface area contributed by atoms with Crippen molar-refractivity contribution >= 4 is 23.4 Å². The number of imide groups is 1. The van der Waals surface area contributed by atoms with Crippen molar-refractivity contribution in [1.82, 2.24) is 9.80 Å². The van der Waals surface area contributed by atoms with E-state index >= 15 is 0 Å². The largest absolute Gasteiger partial charge is 0.332 e. The molecule has 32 heavy (non-hydrogen) atoms. The average molecular weight is 429 g/mol. The molecule has 0 fully saturated rings. The number of nitro groups is 1. The minimum Gasteiger partial charge on any atom is -0.332 e. The lowest BCUT2D eigenvalue weighted by Gasteiger charge is -2.25. The summed E-state index contributed by atoms with van der Waals surface area (Å²) in [6.07, 6.45) is 0. The third-order valence-corrected chi connectivity index (χ3v) is 5.25. The number of fused-ring (bicyclic) bond motifs is 1. The zero-order chi connectivity index (χ0) is 22.7. The number of carbonyl (C=O) groups is 3. The van der Waals surface area contributed by atoms with Crippen LogP contribution in [0.4, 0.5) is 5.69 Å². The molecular formula is C24H19N3O5. The van der Waals surface area contributed by atoms with Gasteiger partial charge in [0.15, 0.2) is 0 Å². The summed E-state index contributed by atoms with van der Waals surface area (Å²) in [5.74, 6) is -1.97. The molecule has 0 atom stereocenters. The molecule has 3 aromatic rings. The highest BCUT2D eigenvalue weighted by Crippen LogP contribution is 2.30. The number of benzene rings is 3. The van der Waals surface area contributed by atoms with Gasteiger partial charge in [0.2, 0.25) is 5.91 Å². The number of nitrogens with zero attached hydrogens (tertiary/aromatic N) is 3. The first kappa shape index (κ1) is 20.9. The van der Waals surface area contributed by atoms with Crippen LogP contribution in [0.3, 0.4) is 0 Å². The van der Waals surface area contributed by atoms with E-state index in [0.29, 0.717) is 0 Å². The number of hydrogen-bond acceptors (Lipinski definition) is 5. The first-order chi connectivity index (χ1) is 15.5. The molecule has 0 unspecified atom stereocenters. The van der Waals surface area contributed by atoms with Gasteiger partial charge in [0.25, 0.3) is 17.5 Å². The minimum atomic E-state index is -0.829. The molecule has 8 nitrogen and oxygen atoms in total. The van der Waals surface area contributed by atoms with Crippen LogP contribution in [0.15, 0.2) is 78.9 Å². The van der Waals surface area contributed by atoms with Crippen LogP contribution in [0.1, 0.15) is 31.8 Å². The summed E-state index contributed by atoms with van der Waals surface area (Å²) in [4.78, 5) is 51.8.